The first-order chi connectivity index (χ1) is 10.1. The van der Waals surface area contributed by atoms with Gasteiger partial charge in [0.1, 0.15) is 5.82 Å². The van der Waals surface area contributed by atoms with Crippen LogP contribution < -0.4 is 4.90 Å². The summed E-state index contributed by atoms with van der Waals surface area (Å²) in [7, 11) is 1.93. The van der Waals surface area contributed by atoms with E-state index in [1.807, 2.05) is 30.1 Å². The first kappa shape index (κ1) is 14.0. The summed E-state index contributed by atoms with van der Waals surface area (Å²) in [5.41, 5.74) is 1.09. The summed E-state index contributed by atoms with van der Waals surface area (Å²) in [6.07, 6.45) is 1.96. The fraction of sp³-hybridized carbons (Fsp3) is 0.467. The minimum atomic E-state index is -0.421. The van der Waals surface area contributed by atoms with Gasteiger partial charge in [0.25, 0.3) is 0 Å². The van der Waals surface area contributed by atoms with Gasteiger partial charge in [-0.3, -0.25) is 9.58 Å². The Labute approximate surface area is 124 Å². The molecule has 1 fully saturated rings. The number of rotatable bonds is 3. The van der Waals surface area contributed by atoms with Gasteiger partial charge in [0.2, 0.25) is 5.95 Å². The van der Waals surface area contributed by atoms with Crippen LogP contribution in [0.5, 0.6) is 0 Å². The van der Waals surface area contributed by atoms with Gasteiger partial charge in [-0.15, -0.1) is 0 Å². The molecule has 21 heavy (non-hydrogen) atoms. The van der Waals surface area contributed by atoms with Crippen LogP contribution in [0.1, 0.15) is 12.6 Å². The van der Waals surface area contributed by atoms with E-state index in [4.69, 9.17) is 0 Å². The van der Waals surface area contributed by atoms with Crippen molar-refractivity contribution in [2.45, 2.75) is 19.5 Å². The fourth-order valence-corrected chi connectivity index (χ4v) is 2.85. The molecule has 0 aromatic carbocycles. The summed E-state index contributed by atoms with van der Waals surface area (Å²) < 4.78 is 15.1. The van der Waals surface area contributed by atoms with Crippen LogP contribution in [0.2, 0.25) is 0 Å². The van der Waals surface area contributed by atoms with Crippen molar-refractivity contribution in [2.75, 3.05) is 24.5 Å². The van der Waals surface area contributed by atoms with E-state index >= 15 is 0 Å². The molecule has 1 aliphatic heterocycles. The third kappa shape index (κ3) is 3.21. The maximum absolute atomic E-state index is 13.3. The molecule has 0 bridgehead atoms. The van der Waals surface area contributed by atoms with Crippen molar-refractivity contribution in [3.8, 4) is 0 Å². The zero-order chi connectivity index (χ0) is 14.8. The van der Waals surface area contributed by atoms with Gasteiger partial charge in [0.15, 0.2) is 0 Å². The number of anilines is 1. The highest BCUT2D eigenvalue weighted by molar-refractivity contribution is 5.40. The van der Waals surface area contributed by atoms with Crippen LogP contribution in [-0.4, -0.2) is 45.3 Å². The number of pyridine rings is 1. The first-order valence-corrected chi connectivity index (χ1v) is 7.22. The Morgan fingerprint density at radius 2 is 2.14 bits per heavy atom. The molecule has 1 saturated heterocycles. The van der Waals surface area contributed by atoms with E-state index < -0.39 is 5.95 Å². The second kappa shape index (κ2) is 5.81. The van der Waals surface area contributed by atoms with Crippen LogP contribution in [0.15, 0.2) is 30.5 Å². The third-order valence-corrected chi connectivity index (χ3v) is 3.86. The van der Waals surface area contributed by atoms with Crippen molar-refractivity contribution >= 4 is 5.82 Å². The SMILES string of the molecule is CC1CN(Cc2ccn(C)n2)CCN1c1cccc(F)n1. The highest BCUT2D eigenvalue weighted by Gasteiger charge is 2.25. The Morgan fingerprint density at radius 1 is 1.29 bits per heavy atom. The second-order valence-corrected chi connectivity index (χ2v) is 5.58. The maximum atomic E-state index is 13.3. The lowest BCUT2D eigenvalue weighted by atomic mass is 10.2. The van der Waals surface area contributed by atoms with Gasteiger partial charge in [-0.25, -0.2) is 4.98 Å². The first-order valence-electron chi connectivity index (χ1n) is 7.22. The van der Waals surface area contributed by atoms with Crippen LogP contribution in [0, 0.1) is 5.95 Å². The average molecular weight is 289 g/mol. The fourth-order valence-electron chi connectivity index (χ4n) is 2.85. The second-order valence-electron chi connectivity index (χ2n) is 5.58. The zero-order valence-electron chi connectivity index (χ0n) is 12.4. The Hall–Kier alpha value is -1.95. The highest BCUT2D eigenvalue weighted by Crippen LogP contribution is 2.19. The van der Waals surface area contributed by atoms with E-state index in [2.05, 4.69) is 26.8 Å². The molecule has 0 aliphatic carbocycles. The standard InChI is InChI=1S/C15H20FN5/c1-12-10-20(11-13-6-7-19(2)18-13)8-9-21(12)15-5-3-4-14(16)17-15/h3-7,12H,8-11H2,1-2H3. The molecule has 3 rings (SSSR count). The van der Waals surface area contributed by atoms with Gasteiger partial charge in [-0.1, -0.05) is 6.07 Å². The van der Waals surface area contributed by atoms with E-state index in [0.717, 1.165) is 37.7 Å². The number of piperazine rings is 1. The van der Waals surface area contributed by atoms with Gasteiger partial charge < -0.3 is 4.90 Å². The van der Waals surface area contributed by atoms with Crippen LogP contribution in [0.25, 0.3) is 0 Å². The van der Waals surface area contributed by atoms with Crippen molar-refractivity contribution in [3.63, 3.8) is 0 Å². The van der Waals surface area contributed by atoms with Crippen molar-refractivity contribution < 1.29 is 4.39 Å². The molecule has 5 nitrogen and oxygen atoms in total. The minimum absolute atomic E-state index is 0.303. The van der Waals surface area contributed by atoms with Gasteiger partial charge in [-0.2, -0.15) is 9.49 Å². The van der Waals surface area contributed by atoms with Crippen LogP contribution in [0.3, 0.4) is 0 Å². The molecular formula is C15H20FN5. The monoisotopic (exact) mass is 289 g/mol. The highest BCUT2D eigenvalue weighted by atomic mass is 19.1. The molecule has 2 aromatic rings. The summed E-state index contributed by atoms with van der Waals surface area (Å²) >= 11 is 0. The minimum Gasteiger partial charge on any atom is -0.351 e. The molecule has 1 aliphatic rings. The molecule has 0 spiro atoms. The van der Waals surface area contributed by atoms with Crippen LogP contribution >= 0.6 is 0 Å². The third-order valence-electron chi connectivity index (χ3n) is 3.86. The Kier molecular flexibility index (Phi) is 3.88. The average Bonchev–Trinajstić information content (AvgIpc) is 2.84. The lowest BCUT2D eigenvalue weighted by molar-refractivity contribution is 0.217. The number of halogens is 1. The van der Waals surface area contributed by atoms with Crippen molar-refractivity contribution in [1.82, 2.24) is 19.7 Å². The molecule has 0 N–H and O–H groups in total. The Bertz CT molecular complexity index is 612. The predicted molar refractivity (Wildman–Crippen MR) is 79.5 cm³/mol. The summed E-state index contributed by atoms with van der Waals surface area (Å²) in [6, 6.07) is 7.31. The lowest BCUT2D eigenvalue weighted by Gasteiger charge is -2.40. The van der Waals surface area contributed by atoms with Crippen LogP contribution in [-0.2, 0) is 13.6 Å². The predicted octanol–water partition coefficient (Wildman–Crippen LogP) is 1.66. The van der Waals surface area contributed by atoms with Gasteiger partial charge in [0.05, 0.1) is 5.69 Å². The Balaban J connectivity index is 1.64. The molecular weight excluding hydrogens is 269 g/mol. The summed E-state index contributed by atoms with van der Waals surface area (Å²) in [5.74, 6) is 0.301. The smallest absolute Gasteiger partial charge is 0.214 e. The topological polar surface area (TPSA) is 37.2 Å². The number of hydrogen-bond acceptors (Lipinski definition) is 4. The van der Waals surface area contributed by atoms with E-state index in [0.29, 0.717) is 6.04 Å². The number of hydrogen-bond donors (Lipinski definition) is 0. The molecule has 1 unspecified atom stereocenters. The van der Waals surface area contributed by atoms with Gasteiger partial charge in [-0.05, 0) is 25.1 Å². The normalized spacial score (nSPS) is 20.0. The summed E-state index contributed by atoms with van der Waals surface area (Å²) in [5, 5.41) is 4.42. The van der Waals surface area contributed by atoms with Crippen molar-refractivity contribution in [1.29, 1.82) is 0 Å². The molecule has 0 amide bonds. The molecule has 3 heterocycles. The number of aromatic nitrogens is 3. The largest absolute Gasteiger partial charge is 0.351 e. The number of aryl methyl sites for hydroxylation is 1. The molecule has 1 atom stereocenters. The zero-order valence-corrected chi connectivity index (χ0v) is 12.4. The number of nitrogens with zero attached hydrogens (tertiary/aromatic N) is 5. The Morgan fingerprint density at radius 3 is 2.81 bits per heavy atom. The molecule has 6 heteroatoms. The molecule has 2 aromatic heterocycles. The van der Waals surface area contributed by atoms with E-state index in [9.17, 15) is 4.39 Å². The molecule has 0 saturated carbocycles. The van der Waals surface area contributed by atoms with Gasteiger partial charge >= 0.3 is 0 Å². The molecule has 112 valence electrons. The lowest BCUT2D eigenvalue weighted by Crippen LogP contribution is -2.52. The summed E-state index contributed by atoms with van der Waals surface area (Å²) in [4.78, 5) is 8.53. The van der Waals surface area contributed by atoms with Crippen LogP contribution in [0.4, 0.5) is 10.2 Å². The molecule has 0 radical (unpaired) electrons. The van der Waals surface area contributed by atoms with Crippen molar-refractivity contribution in [2.24, 2.45) is 7.05 Å². The quantitative estimate of drug-likeness (QED) is 0.806. The van der Waals surface area contributed by atoms with Crippen molar-refractivity contribution in [3.05, 3.63) is 42.1 Å². The van der Waals surface area contributed by atoms with Gasteiger partial charge in [0, 0.05) is 45.5 Å². The van der Waals surface area contributed by atoms with E-state index in [1.54, 1.807) is 6.07 Å². The maximum Gasteiger partial charge on any atom is 0.214 e. The van der Waals surface area contributed by atoms with E-state index in [1.165, 1.54) is 6.07 Å². The summed E-state index contributed by atoms with van der Waals surface area (Å²) in [6.45, 7) is 5.71. The van der Waals surface area contributed by atoms with E-state index in [-0.39, 0.29) is 0 Å².